The molecule has 1 aromatic rings. The predicted molar refractivity (Wildman–Crippen MR) is 76.5 cm³/mol. The molecule has 1 unspecified atom stereocenters. The van der Waals surface area contributed by atoms with Crippen molar-refractivity contribution >= 4 is 17.3 Å². The minimum absolute atomic E-state index is 0.415. The molecule has 0 aliphatic carbocycles. The molecule has 3 nitrogen and oxygen atoms in total. The minimum atomic E-state index is 0.415. The fourth-order valence-corrected chi connectivity index (χ4v) is 2.31. The third kappa shape index (κ3) is 4.16. The van der Waals surface area contributed by atoms with Crippen LogP contribution in [0.2, 0.25) is 5.02 Å². The maximum absolute atomic E-state index is 5.97. The van der Waals surface area contributed by atoms with E-state index in [0.29, 0.717) is 6.10 Å². The topological polar surface area (TPSA) is 33.3 Å². The number of halogens is 1. The van der Waals surface area contributed by atoms with Gasteiger partial charge in [-0.25, -0.2) is 0 Å². The molecule has 18 heavy (non-hydrogen) atoms. The highest BCUT2D eigenvalue weighted by Crippen LogP contribution is 2.19. The number of rotatable bonds is 6. The number of ether oxygens (including phenoxy) is 1. The molecule has 2 N–H and O–H groups in total. The molecule has 4 heteroatoms. The van der Waals surface area contributed by atoms with Gasteiger partial charge in [0.05, 0.1) is 6.10 Å². The highest BCUT2D eigenvalue weighted by atomic mass is 35.5. The van der Waals surface area contributed by atoms with Crippen molar-refractivity contribution in [2.24, 2.45) is 0 Å². The van der Waals surface area contributed by atoms with Gasteiger partial charge >= 0.3 is 0 Å². The first kappa shape index (κ1) is 13.7. The zero-order chi connectivity index (χ0) is 12.8. The number of hydrogen-bond donors (Lipinski definition) is 2. The molecular formula is C14H21ClN2O. The van der Waals surface area contributed by atoms with Gasteiger partial charge < -0.3 is 15.4 Å². The Morgan fingerprint density at radius 3 is 3.06 bits per heavy atom. The summed E-state index contributed by atoms with van der Waals surface area (Å²) in [7, 11) is 0. The Bertz CT molecular complexity index is 378. The SMILES string of the molecule is Cc1ccc(Cl)cc1NCCNCC1CCCO1. The molecule has 1 atom stereocenters. The van der Waals surface area contributed by atoms with E-state index in [2.05, 4.69) is 17.6 Å². The molecule has 0 bridgehead atoms. The van der Waals surface area contributed by atoms with Gasteiger partial charge in [0.1, 0.15) is 0 Å². The summed E-state index contributed by atoms with van der Waals surface area (Å²) in [5.74, 6) is 0. The Morgan fingerprint density at radius 1 is 1.39 bits per heavy atom. The summed E-state index contributed by atoms with van der Waals surface area (Å²) in [6.45, 7) is 5.79. The predicted octanol–water partition coefficient (Wildman–Crippen LogP) is 2.83. The van der Waals surface area contributed by atoms with E-state index < -0.39 is 0 Å². The number of anilines is 1. The molecule has 0 saturated carbocycles. The molecule has 1 saturated heterocycles. The summed E-state index contributed by atoms with van der Waals surface area (Å²) in [4.78, 5) is 0. The van der Waals surface area contributed by atoms with Crippen LogP contribution in [-0.4, -0.2) is 32.3 Å². The van der Waals surface area contributed by atoms with Crippen LogP contribution in [0.5, 0.6) is 0 Å². The molecule has 2 rings (SSSR count). The number of benzene rings is 1. The Balaban J connectivity index is 1.64. The van der Waals surface area contributed by atoms with Crippen LogP contribution in [0.3, 0.4) is 0 Å². The number of hydrogen-bond acceptors (Lipinski definition) is 3. The third-order valence-corrected chi connectivity index (χ3v) is 3.45. The maximum Gasteiger partial charge on any atom is 0.0700 e. The average molecular weight is 269 g/mol. The smallest absolute Gasteiger partial charge is 0.0700 e. The first-order valence-corrected chi connectivity index (χ1v) is 6.96. The normalized spacial score (nSPS) is 19.1. The molecular weight excluding hydrogens is 248 g/mol. The first-order valence-electron chi connectivity index (χ1n) is 6.58. The van der Waals surface area contributed by atoms with Crippen molar-refractivity contribution in [1.82, 2.24) is 5.32 Å². The molecule has 1 fully saturated rings. The van der Waals surface area contributed by atoms with Crippen molar-refractivity contribution < 1.29 is 4.74 Å². The summed E-state index contributed by atoms with van der Waals surface area (Å²) < 4.78 is 5.55. The molecule has 0 spiro atoms. The van der Waals surface area contributed by atoms with E-state index in [1.165, 1.54) is 18.4 Å². The zero-order valence-corrected chi connectivity index (χ0v) is 11.6. The van der Waals surface area contributed by atoms with Crippen LogP contribution in [0.4, 0.5) is 5.69 Å². The van der Waals surface area contributed by atoms with Crippen molar-refractivity contribution in [2.45, 2.75) is 25.9 Å². The second-order valence-electron chi connectivity index (χ2n) is 4.73. The van der Waals surface area contributed by atoms with Crippen LogP contribution < -0.4 is 10.6 Å². The van der Waals surface area contributed by atoms with Crippen molar-refractivity contribution in [1.29, 1.82) is 0 Å². The monoisotopic (exact) mass is 268 g/mol. The van der Waals surface area contributed by atoms with Gasteiger partial charge in [-0.3, -0.25) is 0 Å². The second-order valence-corrected chi connectivity index (χ2v) is 5.16. The standard InChI is InChI=1S/C14H21ClN2O/c1-11-4-5-12(15)9-14(11)17-7-6-16-10-13-3-2-8-18-13/h4-5,9,13,16-17H,2-3,6-8,10H2,1H3. The summed E-state index contributed by atoms with van der Waals surface area (Å²) in [6.07, 6.45) is 2.80. The van der Waals surface area contributed by atoms with Crippen LogP contribution in [0.25, 0.3) is 0 Å². The molecule has 1 aliphatic rings. The van der Waals surface area contributed by atoms with E-state index in [9.17, 15) is 0 Å². The molecule has 0 radical (unpaired) electrons. The van der Waals surface area contributed by atoms with Crippen LogP contribution in [-0.2, 0) is 4.74 Å². The fraction of sp³-hybridized carbons (Fsp3) is 0.571. The lowest BCUT2D eigenvalue weighted by molar-refractivity contribution is 0.110. The third-order valence-electron chi connectivity index (χ3n) is 3.21. The van der Waals surface area contributed by atoms with E-state index in [1.54, 1.807) is 0 Å². The highest BCUT2D eigenvalue weighted by Gasteiger charge is 2.14. The Hall–Kier alpha value is -0.770. The van der Waals surface area contributed by atoms with Crippen molar-refractivity contribution in [2.75, 3.05) is 31.6 Å². The van der Waals surface area contributed by atoms with Gasteiger partial charge in [-0.2, -0.15) is 0 Å². The lowest BCUT2D eigenvalue weighted by Gasteiger charge is -2.13. The Labute approximate surface area is 114 Å². The summed E-state index contributed by atoms with van der Waals surface area (Å²) >= 11 is 5.97. The van der Waals surface area contributed by atoms with Gasteiger partial charge in [0, 0.05) is 37.0 Å². The van der Waals surface area contributed by atoms with E-state index >= 15 is 0 Å². The molecule has 100 valence electrons. The van der Waals surface area contributed by atoms with Crippen molar-refractivity contribution in [3.63, 3.8) is 0 Å². The van der Waals surface area contributed by atoms with E-state index in [-0.39, 0.29) is 0 Å². The lowest BCUT2D eigenvalue weighted by atomic mass is 10.2. The van der Waals surface area contributed by atoms with Gasteiger partial charge in [0.15, 0.2) is 0 Å². The van der Waals surface area contributed by atoms with Crippen LogP contribution in [0.1, 0.15) is 18.4 Å². The van der Waals surface area contributed by atoms with Gasteiger partial charge in [-0.05, 0) is 37.5 Å². The molecule has 1 aromatic carbocycles. The molecule has 0 amide bonds. The van der Waals surface area contributed by atoms with E-state index in [4.69, 9.17) is 16.3 Å². The van der Waals surface area contributed by atoms with E-state index in [1.807, 2.05) is 18.2 Å². The van der Waals surface area contributed by atoms with Crippen LogP contribution in [0.15, 0.2) is 18.2 Å². The van der Waals surface area contributed by atoms with Gasteiger partial charge in [-0.1, -0.05) is 17.7 Å². The van der Waals surface area contributed by atoms with Crippen molar-refractivity contribution in [3.05, 3.63) is 28.8 Å². The van der Waals surface area contributed by atoms with Gasteiger partial charge in [0.2, 0.25) is 0 Å². The first-order chi connectivity index (χ1) is 8.75. The highest BCUT2D eigenvalue weighted by molar-refractivity contribution is 6.30. The minimum Gasteiger partial charge on any atom is -0.384 e. The van der Waals surface area contributed by atoms with Gasteiger partial charge in [-0.15, -0.1) is 0 Å². The average Bonchev–Trinajstić information content (AvgIpc) is 2.86. The number of aryl methyl sites for hydroxylation is 1. The fourth-order valence-electron chi connectivity index (χ4n) is 2.14. The summed E-state index contributed by atoms with van der Waals surface area (Å²) in [6, 6.07) is 5.92. The summed E-state index contributed by atoms with van der Waals surface area (Å²) in [5.41, 5.74) is 2.33. The Morgan fingerprint density at radius 2 is 2.28 bits per heavy atom. The summed E-state index contributed by atoms with van der Waals surface area (Å²) in [5, 5.41) is 7.58. The lowest BCUT2D eigenvalue weighted by Crippen LogP contribution is -2.30. The van der Waals surface area contributed by atoms with Gasteiger partial charge in [0.25, 0.3) is 0 Å². The van der Waals surface area contributed by atoms with Crippen LogP contribution in [0, 0.1) is 6.92 Å². The molecule has 1 heterocycles. The quantitative estimate of drug-likeness (QED) is 0.779. The van der Waals surface area contributed by atoms with Crippen LogP contribution >= 0.6 is 11.6 Å². The maximum atomic E-state index is 5.97. The second kappa shape index (κ2) is 6.98. The zero-order valence-electron chi connectivity index (χ0n) is 10.8. The number of nitrogens with one attached hydrogen (secondary N) is 2. The molecule has 1 aliphatic heterocycles. The largest absolute Gasteiger partial charge is 0.384 e. The van der Waals surface area contributed by atoms with Crippen molar-refractivity contribution in [3.8, 4) is 0 Å². The Kier molecular flexibility index (Phi) is 5.29. The molecule has 0 aromatic heterocycles. The van der Waals surface area contributed by atoms with E-state index in [0.717, 1.165) is 37.0 Å².